The maximum absolute atomic E-state index is 12.4. The van der Waals surface area contributed by atoms with Crippen LogP contribution in [0.15, 0.2) is 35.5 Å². The van der Waals surface area contributed by atoms with Crippen LogP contribution in [0.3, 0.4) is 0 Å². The van der Waals surface area contributed by atoms with Gasteiger partial charge in [0, 0.05) is 37.9 Å². The van der Waals surface area contributed by atoms with E-state index < -0.39 is 0 Å². The molecule has 1 N–H and O–H groups in total. The van der Waals surface area contributed by atoms with Crippen LogP contribution in [0.4, 0.5) is 0 Å². The van der Waals surface area contributed by atoms with Gasteiger partial charge < -0.3 is 24.3 Å². The number of aromatic nitrogens is 4. The third-order valence-electron chi connectivity index (χ3n) is 6.12. The topological polar surface area (TPSA) is 94.4 Å². The van der Waals surface area contributed by atoms with Crippen molar-refractivity contribution in [1.82, 2.24) is 29.7 Å². The summed E-state index contributed by atoms with van der Waals surface area (Å²) in [7, 11) is 0. The average Bonchev–Trinajstić information content (AvgIpc) is 2.82. The van der Waals surface area contributed by atoms with Crippen LogP contribution >= 0.6 is 0 Å². The number of rotatable bonds is 6. The van der Waals surface area contributed by atoms with E-state index in [0.717, 1.165) is 60.7 Å². The fourth-order valence-corrected chi connectivity index (χ4v) is 4.32. The average molecular weight is 437 g/mol. The minimum atomic E-state index is -0.0756. The lowest BCUT2D eigenvalue weighted by Gasteiger charge is -2.32. The van der Waals surface area contributed by atoms with E-state index in [4.69, 9.17) is 9.47 Å². The molecule has 0 radical (unpaired) electrons. The summed E-state index contributed by atoms with van der Waals surface area (Å²) in [4.78, 5) is 27.8. The van der Waals surface area contributed by atoms with Crippen molar-refractivity contribution in [2.45, 2.75) is 38.9 Å². The van der Waals surface area contributed by atoms with E-state index >= 15 is 0 Å². The number of nitrogens with one attached hydrogen (secondary N) is 1. The zero-order chi connectivity index (χ0) is 21.9. The Morgan fingerprint density at radius 2 is 1.78 bits per heavy atom. The highest BCUT2D eigenvalue weighted by atomic mass is 16.6. The quantitative estimate of drug-likeness (QED) is 0.622. The van der Waals surface area contributed by atoms with Gasteiger partial charge in [-0.25, -0.2) is 9.97 Å². The van der Waals surface area contributed by atoms with Crippen LogP contribution in [0, 0.1) is 6.92 Å². The summed E-state index contributed by atoms with van der Waals surface area (Å²) >= 11 is 0. The number of pyridine rings is 2. The van der Waals surface area contributed by atoms with Gasteiger partial charge >= 0.3 is 0 Å². The molecule has 1 fully saturated rings. The molecule has 0 aliphatic carbocycles. The minimum Gasteiger partial charge on any atom is -0.486 e. The van der Waals surface area contributed by atoms with Crippen molar-refractivity contribution in [1.29, 1.82) is 0 Å². The van der Waals surface area contributed by atoms with Gasteiger partial charge in [0.05, 0.1) is 23.6 Å². The Balaban J connectivity index is 1.13. The zero-order valence-corrected chi connectivity index (χ0v) is 18.3. The Hall–Kier alpha value is -3.04. The monoisotopic (exact) mass is 436 g/mol. The van der Waals surface area contributed by atoms with E-state index in [2.05, 4.69) is 25.2 Å². The molecule has 0 bridgehead atoms. The van der Waals surface area contributed by atoms with Crippen molar-refractivity contribution in [3.8, 4) is 11.5 Å². The van der Waals surface area contributed by atoms with Crippen LogP contribution in [0.2, 0.25) is 0 Å². The van der Waals surface area contributed by atoms with E-state index in [0.29, 0.717) is 38.0 Å². The zero-order valence-electron chi connectivity index (χ0n) is 18.3. The predicted molar refractivity (Wildman–Crippen MR) is 120 cm³/mol. The lowest BCUT2D eigenvalue weighted by atomic mass is 10.0. The number of nitrogens with zero attached hydrogens (tertiary/aromatic N) is 5. The molecular weight excluding hydrogens is 408 g/mol. The maximum Gasteiger partial charge on any atom is 0.269 e. The molecule has 3 aromatic rings. The first-order chi connectivity index (χ1) is 15.7. The van der Waals surface area contributed by atoms with E-state index in [1.54, 1.807) is 17.0 Å². The molecule has 2 aliphatic heterocycles. The van der Waals surface area contributed by atoms with E-state index in [-0.39, 0.29) is 5.56 Å². The Morgan fingerprint density at radius 1 is 1.00 bits per heavy atom. The highest BCUT2D eigenvalue weighted by Gasteiger charge is 2.20. The summed E-state index contributed by atoms with van der Waals surface area (Å²) in [5, 5.41) is 3.62. The van der Waals surface area contributed by atoms with Gasteiger partial charge in [-0.15, -0.1) is 0 Å². The lowest BCUT2D eigenvalue weighted by molar-refractivity contribution is 0.170. The smallest absolute Gasteiger partial charge is 0.269 e. The Morgan fingerprint density at radius 3 is 2.62 bits per heavy atom. The summed E-state index contributed by atoms with van der Waals surface area (Å²) < 4.78 is 13.0. The van der Waals surface area contributed by atoms with E-state index in [1.165, 1.54) is 6.20 Å². The number of fused-ring (bicyclic) bond motifs is 2. The number of hydrogen-bond donors (Lipinski definition) is 1. The number of ether oxygens (including phenoxy) is 2. The normalized spacial score (nSPS) is 17.0. The van der Waals surface area contributed by atoms with Gasteiger partial charge in [-0.1, -0.05) is 0 Å². The first kappa shape index (κ1) is 20.8. The summed E-state index contributed by atoms with van der Waals surface area (Å²) in [6.45, 7) is 7.33. The number of piperidine rings is 1. The number of likely N-dealkylation sites (tertiary alicyclic amines) is 1. The first-order valence-corrected chi connectivity index (χ1v) is 11.2. The molecular formula is C23H28N6O3. The molecule has 9 nitrogen and oxygen atoms in total. The van der Waals surface area contributed by atoms with Gasteiger partial charge in [0.15, 0.2) is 17.1 Å². The van der Waals surface area contributed by atoms with Gasteiger partial charge in [-0.05, 0) is 44.5 Å². The molecule has 5 heterocycles. The number of aryl methyl sites for hydroxylation is 1. The molecule has 0 amide bonds. The molecule has 9 heteroatoms. The molecule has 0 aromatic carbocycles. The molecule has 32 heavy (non-hydrogen) atoms. The molecule has 0 saturated carbocycles. The fraction of sp³-hybridized carbons (Fsp3) is 0.478. The summed E-state index contributed by atoms with van der Waals surface area (Å²) in [6, 6.07) is 4.40. The minimum absolute atomic E-state index is 0.0756. The molecule has 168 valence electrons. The Bertz CT molecular complexity index is 1160. The van der Waals surface area contributed by atoms with Crippen LogP contribution in [0.25, 0.3) is 11.2 Å². The molecule has 5 rings (SSSR count). The molecule has 0 unspecified atom stereocenters. The van der Waals surface area contributed by atoms with Gasteiger partial charge in [0.2, 0.25) is 0 Å². The molecule has 3 aromatic heterocycles. The first-order valence-electron chi connectivity index (χ1n) is 11.2. The fourth-order valence-electron chi connectivity index (χ4n) is 4.32. The van der Waals surface area contributed by atoms with Crippen molar-refractivity contribution >= 4 is 11.2 Å². The van der Waals surface area contributed by atoms with Crippen LogP contribution in [0.5, 0.6) is 11.5 Å². The standard InChI is InChI=1S/C23H28N6O3/c1-16-10-19-23(26-12-16)27-15-22(30)29(19)7-6-28-4-2-17(3-5-28)24-13-18-11-20-21(14-25-18)32-9-8-31-20/h10-12,14-15,17,24H,2-9,13H2,1H3. The lowest BCUT2D eigenvalue weighted by Crippen LogP contribution is -2.43. The van der Waals surface area contributed by atoms with E-state index in [9.17, 15) is 4.79 Å². The third kappa shape index (κ3) is 4.58. The largest absolute Gasteiger partial charge is 0.486 e. The molecule has 0 atom stereocenters. The van der Waals surface area contributed by atoms with Crippen molar-refractivity contribution in [3.05, 3.63) is 52.3 Å². The van der Waals surface area contributed by atoms with Crippen LogP contribution in [-0.2, 0) is 13.1 Å². The second-order valence-electron chi connectivity index (χ2n) is 8.42. The van der Waals surface area contributed by atoms with Crippen molar-refractivity contribution < 1.29 is 9.47 Å². The maximum atomic E-state index is 12.4. The van der Waals surface area contributed by atoms with Crippen molar-refractivity contribution in [2.75, 3.05) is 32.8 Å². The summed E-state index contributed by atoms with van der Waals surface area (Å²) in [6.07, 6.45) is 7.03. The second-order valence-corrected chi connectivity index (χ2v) is 8.42. The predicted octanol–water partition coefficient (Wildman–Crippen LogP) is 1.52. The number of hydrogen-bond acceptors (Lipinski definition) is 8. The van der Waals surface area contributed by atoms with Crippen molar-refractivity contribution in [3.63, 3.8) is 0 Å². The van der Waals surface area contributed by atoms with Crippen LogP contribution in [-0.4, -0.2) is 63.3 Å². The van der Waals surface area contributed by atoms with Crippen LogP contribution in [0.1, 0.15) is 24.1 Å². The molecule has 1 saturated heterocycles. The Labute approximate surface area is 186 Å². The van der Waals surface area contributed by atoms with Crippen molar-refractivity contribution in [2.24, 2.45) is 0 Å². The highest BCUT2D eigenvalue weighted by Crippen LogP contribution is 2.29. The molecule has 0 spiro atoms. The highest BCUT2D eigenvalue weighted by molar-refractivity contribution is 5.70. The van der Waals surface area contributed by atoms with Gasteiger partial charge in [0.1, 0.15) is 13.2 Å². The Kier molecular flexibility index (Phi) is 6.00. The summed E-state index contributed by atoms with van der Waals surface area (Å²) in [5.74, 6) is 1.50. The second kappa shape index (κ2) is 9.22. The molecule has 2 aliphatic rings. The van der Waals surface area contributed by atoms with Gasteiger partial charge in [-0.2, -0.15) is 0 Å². The third-order valence-corrected chi connectivity index (χ3v) is 6.12. The SMILES string of the molecule is Cc1cnc2ncc(=O)n(CCN3CCC(NCc4cc5c(cn4)OCCO5)CC3)c2c1. The van der Waals surface area contributed by atoms with Gasteiger partial charge in [-0.3, -0.25) is 9.78 Å². The van der Waals surface area contributed by atoms with E-state index in [1.807, 2.05) is 19.1 Å². The van der Waals surface area contributed by atoms with Gasteiger partial charge in [0.25, 0.3) is 5.56 Å². The summed E-state index contributed by atoms with van der Waals surface area (Å²) in [5.41, 5.74) is 3.34. The van der Waals surface area contributed by atoms with Crippen LogP contribution < -0.4 is 20.3 Å².